The van der Waals surface area contributed by atoms with Gasteiger partial charge >= 0.3 is 0 Å². The van der Waals surface area contributed by atoms with E-state index in [0.29, 0.717) is 6.42 Å². The van der Waals surface area contributed by atoms with Gasteiger partial charge in [0.2, 0.25) is 0 Å². The molecule has 0 aromatic heterocycles. The fraction of sp³-hybridized carbons (Fsp3) is 0.500. The van der Waals surface area contributed by atoms with Crippen LogP contribution in [-0.2, 0) is 0 Å². The van der Waals surface area contributed by atoms with Gasteiger partial charge < -0.3 is 5.32 Å². The van der Waals surface area contributed by atoms with Gasteiger partial charge in [0, 0.05) is 0 Å². The normalized spacial score (nSPS) is 12.8. The van der Waals surface area contributed by atoms with Crippen LogP contribution >= 0.6 is 0 Å². The lowest BCUT2D eigenvalue weighted by Crippen LogP contribution is -2.16. The Morgan fingerprint density at radius 1 is 1.19 bits per heavy atom. The first-order chi connectivity index (χ1) is 7.57. The highest BCUT2D eigenvalue weighted by molar-refractivity contribution is 5.23. The summed E-state index contributed by atoms with van der Waals surface area (Å²) in [6.07, 6.45) is 0.690. The molecule has 1 nitrogen and oxygen atoms in total. The second kappa shape index (κ2) is 5.89. The van der Waals surface area contributed by atoms with E-state index in [1.165, 1.54) is 6.07 Å². The maximum absolute atomic E-state index is 13.4. The van der Waals surface area contributed by atoms with Gasteiger partial charge in [-0.05, 0) is 37.1 Å². The van der Waals surface area contributed by atoms with Gasteiger partial charge in [-0.15, -0.1) is 0 Å². The Labute approximate surface area is 93.7 Å². The second-order valence-electron chi connectivity index (χ2n) is 3.81. The van der Waals surface area contributed by atoms with Crippen LogP contribution in [0, 0.1) is 17.5 Å². The molecule has 0 bridgehead atoms. The van der Waals surface area contributed by atoms with Gasteiger partial charge in [0.05, 0.1) is 0 Å². The molecule has 0 aliphatic rings. The van der Waals surface area contributed by atoms with Crippen molar-refractivity contribution in [1.82, 2.24) is 5.32 Å². The minimum absolute atomic E-state index is 0.130. The van der Waals surface area contributed by atoms with E-state index in [1.54, 1.807) is 6.92 Å². The first kappa shape index (κ1) is 13.0. The third kappa shape index (κ3) is 2.98. The molecule has 0 saturated carbocycles. The van der Waals surface area contributed by atoms with E-state index >= 15 is 0 Å². The first-order valence-electron chi connectivity index (χ1n) is 5.42. The van der Waals surface area contributed by atoms with Crippen molar-refractivity contribution in [2.24, 2.45) is 0 Å². The zero-order valence-electron chi connectivity index (χ0n) is 9.49. The summed E-state index contributed by atoms with van der Waals surface area (Å²) in [5, 5.41) is 3.10. The van der Waals surface area contributed by atoms with E-state index in [9.17, 15) is 13.2 Å². The number of hydrogen-bond acceptors (Lipinski definition) is 1. The molecule has 1 aromatic rings. The standard InChI is InChI=1S/C12H16F3N/c1-3-16-7-6-8(2)9-4-5-10(13)12(15)11(9)14/h4-5,8,16H,3,6-7H2,1-2H3. The SMILES string of the molecule is CCNCCC(C)c1ccc(F)c(F)c1F. The summed E-state index contributed by atoms with van der Waals surface area (Å²) >= 11 is 0. The molecule has 0 radical (unpaired) electrons. The lowest BCUT2D eigenvalue weighted by molar-refractivity contribution is 0.434. The molecular formula is C12H16F3N. The highest BCUT2D eigenvalue weighted by Gasteiger charge is 2.17. The summed E-state index contributed by atoms with van der Waals surface area (Å²) in [5.41, 5.74) is 0.233. The summed E-state index contributed by atoms with van der Waals surface area (Å²) in [6.45, 7) is 5.35. The maximum atomic E-state index is 13.4. The van der Waals surface area contributed by atoms with Crippen LogP contribution in [0.5, 0.6) is 0 Å². The first-order valence-corrected chi connectivity index (χ1v) is 5.42. The molecule has 4 heteroatoms. The van der Waals surface area contributed by atoms with Crippen LogP contribution in [-0.4, -0.2) is 13.1 Å². The summed E-state index contributed by atoms with van der Waals surface area (Å²) in [5.74, 6) is -3.72. The van der Waals surface area contributed by atoms with Crippen molar-refractivity contribution in [2.45, 2.75) is 26.2 Å². The molecule has 1 rings (SSSR count). The lowest BCUT2D eigenvalue weighted by Gasteiger charge is -2.13. The highest BCUT2D eigenvalue weighted by Crippen LogP contribution is 2.24. The van der Waals surface area contributed by atoms with Crippen molar-refractivity contribution in [3.8, 4) is 0 Å². The van der Waals surface area contributed by atoms with Crippen molar-refractivity contribution < 1.29 is 13.2 Å². The second-order valence-corrected chi connectivity index (χ2v) is 3.81. The van der Waals surface area contributed by atoms with Crippen LogP contribution in [0.4, 0.5) is 13.2 Å². The van der Waals surface area contributed by atoms with E-state index < -0.39 is 17.5 Å². The van der Waals surface area contributed by atoms with Gasteiger partial charge in [0.1, 0.15) is 0 Å². The average Bonchev–Trinajstić information content (AvgIpc) is 2.26. The Hall–Kier alpha value is -1.03. The molecule has 1 aromatic carbocycles. The van der Waals surface area contributed by atoms with Gasteiger partial charge in [-0.1, -0.05) is 19.9 Å². The quantitative estimate of drug-likeness (QED) is 0.606. The summed E-state index contributed by atoms with van der Waals surface area (Å²) in [6, 6.07) is 2.28. The fourth-order valence-electron chi connectivity index (χ4n) is 1.57. The lowest BCUT2D eigenvalue weighted by atomic mass is 9.97. The van der Waals surface area contributed by atoms with E-state index in [-0.39, 0.29) is 11.5 Å². The zero-order chi connectivity index (χ0) is 12.1. The number of halogens is 3. The minimum atomic E-state index is -1.38. The van der Waals surface area contributed by atoms with Crippen molar-refractivity contribution in [1.29, 1.82) is 0 Å². The van der Waals surface area contributed by atoms with E-state index in [0.717, 1.165) is 19.2 Å². The van der Waals surface area contributed by atoms with Crippen LogP contribution in [0.2, 0.25) is 0 Å². The highest BCUT2D eigenvalue weighted by atomic mass is 19.2. The van der Waals surface area contributed by atoms with Crippen molar-refractivity contribution in [2.75, 3.05) is 13.1 Å². The van der Waals surface area contributed by atoms with Gasteiger partial charge in [-0.25, -0.2) is 13.2 Å². The summed E-state index contributed by atoms with van der Waals surface area (Å²) in [7, 11) is 0. The topological polar surface area (TPSA) is 12.0 Å². The Morgan fingerprint density at radius 3 is 2.50 bits per heavy atom. The molecule has 0 aliphatic heterocycles. The Bertz CT molecular complexity index is 352. The third-order valence-electron chi connectivity index (χ3n) is 2.60. The van der Waals surface area contributed by atoms with Gasteiger partial charge in [0.25, 0.3) is 0 Å². The Kier molecular flexibility index (Phi) is 4.80. The number of hydrogen-bond donors (Lipinski definition) is 1. The average molecular weight is 231 g/mol. The smallest absolute Gasteiger partial charge is 0.194 e. The maximum Gasteiger partial charge on any atom is 0.194 e. The van der Waals surface area contributed by atoms with Crippen molar-refractivity contribution in [3.05, 3.63) is 35.1 Å². The molecule has 0 saturated heterocycles. The van der Waals surface area contributed by atoms with Crippen LogP contribution in [0.1, 0.15) is 31.7 Å². The molecule has 1 unspecified atom stereocenters. The molecule has 0 fully saturated rings. The van der Waals surface area contributed by atoms with E-state index in [4.69, 9.17) is 0 Å². The minimum Gasteiger partial charge on any atom is -0.317 e. The van der Waals surface area contributed by atoms with Crippen LogP contribution in [0.25, 0.3) is 0 Å². The molecule has 16 heavy (non-hydrogen) atoms. The predicted octanol–water partition coefficient (Wildman–Crippen LogP) is 3.21. The molecule has 1 atom stereocenters. The van der Waals surface area contributed by atoms with Crippen molar-refractivity contribution in [3.63, 3.8) is 0 Å². The molecule has 0 amide bonds. The zero-order valence-corrected chi connectivity index (χ0v) is 9.49. The Balaban J connectivity index is 2.76. The fourth-order valence-corrected chi connectivity index (χ4v) is 1.57. The molecule has 0 spiro atoms. The largest absolute Gasteiger partial charge is 0.317 e. The number of rotatable bonds is 5. The van der Waals surface area contributed by atoms with E-state index in [2.05, 4.69) is 5.32 Å². The monoisotopic (exact) mass is 231 g/mol. The molecule has 0 heterocycles. The molecule has 90 valence electrons. The van der Waals surface area contributed by atoms with Crippen LogP contribution < -0.4 is 5.32 Å². The van der Waals surface area contributed by atoms with Crippen LogP contribution in [0.15, 0.2) is 12.1 Å². The summed E-state index contributed by atoms with van der Waals surface area (Å²) in [4.78, 5) is 0. The molecule has 1 N–H and O–H groups in total. The molecule has 0 aliphatic carbocycles. The van der Waals surface area contributed by atoms with Crippen molar-refractivity contribution >= 4 is 0 Å². The number of benzene rings is 1. The summed E-state index contributed by atoms with van der Waals surface area (Å²) < 4.78 is 39.1. The third-order valence-corrected chi connectivity index (χ3v) is 2.60. The van der Waals surface area contributed by atoms with Gasteiger partial charge in [0.15, 0.2) is 17.5 Å². The predicted molar refractivity (Wildman–Crippen MR) is 57.9 cm³/mol. The van der Waals surface area contributed by atoms with Gasteiger partial charge in [-0.3, -0.25) is 0 Å². The number of nitrogens with one attached hydrogen (secondary N) is 1. The van der Waals surface area contributed by atoms with Crippen LogP contribution in [0.3, 0.4) is 0 Å². The van der Waals surface area contributed by atoms with Gasteiger partial charge in [-0.2, -0.15) is 0 Å². The molecular weight excluding hydrogens is 215 g/mol. The Morgan fingerprint density at radius 2 is 1.88 bits per heavy atom. The van der Waals surface area contributed by atoms with E-state index in [1.807, 2.05) is 6.92 Å².